The maximum atomic E-state index is 2.24. The van der Waals surface area contributed by atoms with Crippen LogP contribution in [0.5, 0.6) is 0 Å². The van der Waals surface area contributed by atoms with Crippen LogP contribution in [0.1, 0.15) is 64.2 Å². The van der Waals surface area contributed by atoms with Crippen LogP contribution in [0.2, 0.25) is 0 Å². The van der Waals surface area contributed by atoms with Crippen LogP contribution in [0.25, 0.3) is 0 Å². The summed E-state index contributed by atoms with van der Waals surface area (Å²) in [5.41, 5.74) is 4.47. The quantitative estimate of drug-likeness (QED) is 0.445. The van der Waals surface area contributed by atoms with Crippen molar-refractivity contribution < 1.29 is 0 Å². The third-order valence-electron chi connectivity index (χ3n) is 14.0. The van der Waals surface area contributed by atoms with Gasteiger partial charge >= 0.3 is 0 Å². The van der Waals surface area contributed by atoms with E-state index in [0.29, 0.717) is 0 Å². The fraction of sp³-hybridized carbons (Fsp3) is 0.929. The Morgan fingerprint density at radius 3 is 0.964 bits per heavy atom. The van der Waals surface area contributed by atoms with E-state index in [1.807, 2.05) is 0 Å². The molecule has 14 aliphatic carbocycles. The monoisotopic (exact) mass is 372 g/mol. The van der Waals surface area contributed by atoms with E-state index in [-0.39, 0.29) is 0 Å². The van der Waals surface area contributed by atoms with E-state index in [4.69, 9.17) is 0 Å². The zero-order chi connectivity index (χ0) is 17.5. The average molecular weight is 373 g/mol. The van der Waals surface area contributed by atoms with Crippen molar-refractivity contribution in [3.63, 3.8) is 0 Å². The summed E-state index contributed by atoms with van der Waals surface area (Å²) in [5.74, 6) is 18.6. The number of rotatable bonds is 0. The van der Waals surface area contributed by atoms with Gasteiger partial charge in [0.05, 0.1) is 0 Å². The van der Waals surface area contributed by atoms with E-state index in [1.165, 1.54) is 59.2 Å². The van der Waals surface area contributed by atoms with Gasteiger partial charge in [-0.05, 0) is 159 Å². The first-order valence-corrected chi connectivity index (χ1v) is 13.6. The second kappa shape index (κ2) is 4.36. The summed E-state index contributed by atoms with van der Waals surface area (Å²) >= 11 is 0. The van der Waals surface area contributed by atoms with Crippen LogP contribution in [0.3, 0.4) is 0 Å². The van der Waals surface area contributed by atoms with Gasteiger partial charge in [-0.25, -0.2) is 0 Å². The fourth-order valence-electron chi connectivity index (χ4n) is 14.2. The van der Waals surface area contributed by atoms with Gasteiger partial charge in [-0.2, -0.15) is 0 Å². The lowest BCUT2D eigenvalue weighted by Crippen LogP contribution is -2.66. The molecule has 8 unspecified atom stereocenters. The lowest BCUT2D eigenvalue weighted by Gasteiger charge is -2.74. The molecule has 0 aliphatic heterocycles. The molecule has 0 heteroatoms. The van der Waals surface area contributed by atoms with Crippen LogP contribution in [-0.4, -0.2) is 0 Å². The average Bonchev–Trinajstić information content (AvgIpc) is 2.73. The minimum absolute atomic E-state index is 1.08. The fourth-order valence-corrected chi connectivity index (χ4v) is 14.2. The van der Waals surface area contributed by atoms with E-state index in [0.717, 1.165) is 35.5 Å². The van der Waals surface area contributed by atoms with Crippen molar-refractivity contribution in [2.45, 2.75) is 64.2 Å². The van der Waals surface area contributed by atoms with Gasteiger partial charge in [0.2, 0.25) is 0 Å². The predicted molar refractivity (Wildman–Crippen MR) is 109 cm³/mol. The molecule has 0 N–H and O–H groups in total. The van der Waals surface area contributed by atoms with Gasteiger partial charge in [0.15, 0.2) is 0 Å². The first-order chi connectivity index (χ1) is 13.8. The van der Waals surface area contributed by atoms with Crippen LogP contribution in [0.15, 0.2) is 11.1 Å². The van der Waals surface area contributed by atoms with Crippen molar-refractivity contribution in [1.29, 1.82) is 0 Å². The lowest BCUT2D eigenvalue weighted by atomic mass is 9.31. The predicted octanol–water partition coefficient (Wildman–Crippen LogP) is 6.18. The minimum Gasteiger partial charge on any atom is -0.0636 e. The maximum absolute atomic E-state index is 2.24. The van der Waals surface area contributed by atoms with Crippen LogP contribution < -0.4 is 0 Å². The topological polar surface area (TPSA) is 0 Å². The van der Waals surface area contributed by atoms with Crippen molar-refractivity contribution >= 4 is 0 Å². The molecular formula is C28H36. The molecule has 14 fully saturated rings. The van der Waals surface area contributed by atoms with E-state index < -0.39 is 0 Å². The molecule has 0 saturated heterocycles. The number of hydrogen-bond donors (Lipinski definition) is 0. The second-order valence-electron chi connectivity index (χ2n) is 14.1. The first kappa shape index (κ1) is 14.7. The summed E-state index contributed by atoms with van der Waals surface area (Å²) in [4.78, 5) is 0. The van der Waals surface area contributed by atoms with Crippen LogP contribution in [0.4, 0.5) is 0 Å². The number of allylic oxidation sites excluding steroid dienone is 2. The molecule has 14 saturated carbocycles. The van der Waals surface area contributed by atoms with Crippen molar-refractivity contribution in [3.8, 4) is 0 Å². The smallest absolute Gasteiger partial charge is 0.0135 e. The van der Waals surface area contributed by atoms with Crippen LogP contribution in [-0.2, 0) is 0 Å². The lowest BCUT2D eigenvalue weighted by molar-refractivity contribution is -0.191. The molecule has 0 nitrogen and oxygen atoms in total. The molecule has 0 aromatic heterocycles. The Labute approximate surface area is 170 Å². The molecule has 14 rings (SSSR count). The Morgan fingerprint density at radius 2 is 0.607 bits per heavy atom. The molecule has 0 spiro atoms. The van der Waals surface area contributed by atoms with Gasteiger partial charge in [-0.15, -0.1) is 0 Å². The summed E-state index contributed by atoms with van der Waals surface area (Å²) in [6.45, 7) is 0. The van der Waals surface area contributed by atoms with Gasteiger partial charge in [-0.3, -0.25) is 0 Å². The Hall–Kier alpha value is -0.260. The molecule has 28 heavy (non-hydrogen) atoms. The zero-order valence-corrected chi connectivity index (χ0v) is 17.3. The van der Waals surface area contributed by atoms with E-state index in [9.17, 15) is 0 Å². The standard InChI is InChI=1S/C28H36/c1-11-3-21-17-7-13-8-18(15(1)17)22(4-11)27(21)25(13)26-14-9-19-16-2-12-5-23(19)28(26)24(6-12)20(16)10-14/h11-24,27-28H,1-10H2/b26-25-/t11?,12?,13?,14?,15?,16?,17-,18+,19-,20+,21+,22-,23+,24-,27?,28?. The second-order valence-corrected chi connectivity index (χ2v) is 14.1. The van der Waals surface area contributed by atoms with Gasteiger partial charge in [0, 0.05) is 0 Å². The van der Waals surface area contributed by atoms with E-state index >= 15 is 0 Å². The molecule has 0 amide bonds. The van der Waals surface area contributed by atoms with Gasteiger partial charge in [0.1, 0.15) is 0 Å². The summed E-state index contributed by atoms with van der Waals surface area (Å²) in [6, 6.07) is 0. The summed E-state index contributed by atoms with van der Waals surface area (Å²) in [7, 11) is 0. The van der Waals surface area contributed by atoms with Crippen LogP contribution >= 0.6 is 0 Å². The molecule has 16 atom stereocenters. The molecular weight excluding hydrogens is 336 g/mol. The Kier molecular flexibility index (Phi) is 2.29. The van der Waals surface area contributed by atoms with Crippen molar-refractivity contribution in [2.24, 2.45) is 94.7 Å². The molecule has 0 radical (unpaired) electrons. The van der Waals surface area contributed by atoms with Crippen LogP contribution in [0, 0.1) is 94.7 Å². The van der Waals surface area contributed by atoms with Crippen molar-refractivity contribution in [1.82, 2.24) is 0 Å². The molecule has 14 aliphatic rings. The Balaban J connectivity index is 1.18. The van der Waals surface area contributed by atoms with Crippen molar-refractivity contribution in [3.05, 3.63) is 11.1 Å². The molecule has 0 aromatic carbocycles. The highest BCUT2D eigenvalue weighted by Gasteiger charge is 2.69. The Morgan fingerprint density at radius 1 is 0.321 bits per heavy atom. The minimum atomic E-state index is 1.08. The molecule has 16 bridgehead atoms. The highest BCUT2D eigenvalue weighted by molar-refractivity contribution is 5.39. The third kappa shape index (κ3) is 1.36. The SMILES string of the molecule is C1C2C[C@@H]3C4/C(=C5/C6C[C@@H]7C8CC9C[C@@H]7C5[C@H](C9)[C@H]8C6)C5C[C@@H]3C1[C@H](C5)[C@H]4C2. The normalized spacial score (nSPS) is 75.4. The van der Waals surface area contributed by atoms with Crippen molar-refractivity contribution in [2.75, 3.05) is 0 Å². The van der Waals surface area contributed by atoms with Gasteiger partial charge < -0.3 is 0 Å². The highest BCUT2D eigenvalue weighted by atomic mass is 14.7. The zero-order valence-electron chi connectivity index (χ0n) is 17.3. The molecule has 0 aromatic rings. The highest BCUT2D eigenvalue weighted by Crippen LogP contribution is 2.77. The van der Waals surface area contributed by atoms with Gasteiger partial charge in [0.25, 0.3) is 0 Å². The Bertz CT molecular complexity index is 719. The first-order valence-electron chi connectivity index (χ1n) is 13.6. The van der Waals surface area contributed by atoms with E-state index in [2.05, 4.69) is 11.1 Å². The third-order valence-corrected chi connectivity index (χ3v) is 14.0. The summed E-state index contributed by atoms with van der Waals surface area (Å²) in [5, 5.41) is 0. The maximum Gasteiger partial charge on any atom is -0.0135 e. The van der Waals surface area contributed by atoms with E-state index in [1.54, 1.807) is 64.2 Å². The summed E-state index contributed by atoms with van der Waals surface area (Å²) < 4.78 is 0. The molecule has 148 valence electrons. The largest absolute Gasteiger partial charge is 0.0636 e. The summed E-state index contributed by atoms with van der Waals surface area (Å²) in [6.07, 6.45) is 16.6. The van der Waals surface area contributed by atoms with Gasteiger partial charge in [-0.1, -0.05) is 11.1 Å². The number of hydrogen-bond acceptors (Lipinski definition) is 0. The molecule has 0 heterocycles.